The zero-order valence-electron chi connectivity index (χ0n) is 11.0. The minimum absolute atomic E-state index is 0.285. The van der Waals surface area contributed by atoms with Crippen LogP contribution in [0.5, 0.6) is 0 Å². The largest absolute Gasteiger partial charge is 0.379 e. The Labute approximate surface area is 112 Å². The third-order valence-corrected chi connectivity index (χ3v) is 3.03. The predicted molar refractivity (Wildman–Crippen MR) is 74.7 cm³/mol. The maximum absolute atomic E-state index is 11.9. The van der Waals surface area contributed by atoms with Crippen LogP contribution in [-0.4, -0.2) is 36.9 Å². The van der Waals surface area contributed by atoms with Crippen LogP contribution in [0, 0.1) is 0 Å². The van der Waals surface area contributed by atoms with Gasteiger partial charge in [-0.25, -0.2) is 4.79 Å². The van der Waals surface area contributed by atoms with Crippen molar-refractivity contribution in [2.75, 3.05) is 18.9 Å². The fraction of sp³-hybridized carbons (Fsp3) is 0.286. The number of anilines is 1. The summed E-state index contributed by atoms with van der Waals surface area (Å²) in [6, 6.07) is 7.13. The van der Waals surface area contributed by atoms with E-state index in [4.69, 9.17) is 0 Å². The maximum Gasteiger partial charge on any atom is 0.321 e. The Balaban J connectivity index is 2.13. The van der Waals surface area contributed by atoms with Crippen LogP contribution >= 0.6 is 0 Å². The van der Waals surface area contributed by atoms with Crippen molar-refractivity contribution in [3.63, 3.8) is 0 Å². The van der Waals surface area contributed by atoms with Gasteiger partial charge in [-0.2, -0.15) is 0 Å². The average Bonchev–Trinajstić information content (AvgIpc) is 2.45. The second-order valence-corrected chi connectivity index (χ2v) is 4.51. The summed E-state index contributed by atoms with van der Waals surface area (Å²) in [6.45, 7) is 2.22. The molecule has 1 aliphatic rings. The van der Waals surface area contributed by atoms with Gasteiger partial charge in [0.2, 0.25) is 0 Å². The molecule has 100 valence electrons. The summed E-state index contributed by atoms with van der Waals surface area (Å²) in [5.41, 5.74) is 2.96. The Morgan fingerprint density at radius 2 is 2.21 bits per heavy atom. The third kappa shape index (κ3) is 2.93. The van der Waals surface area contributed by atoms with Gasteiger partial charge in [0.15, 0.2) is 0 Å². The van der Waals surface area contributed by atoms with Crippen molar-refractivity contribution in [2.24, 2.45) is 0 Å². The van der Waals surface area contributed by atoms with E-state index in [0.29, 0.717) is 12.8 Å². The summed E-state index contributed by atoms with van der Waals surface area (Å²) >= 11 is 0. The van der Waals surface area contributed by atoms with Crippen LogP contribution in [0.4, 0.5) is 10.5 Å². The van der Waals surface area contributed by atoms with Crippen LogP contribution in [0.2, 0.25) is 0 Å². The number of likely N-dealkylation sites (N-methyl/N-ethyl adjacent to an activating group) is 1. The molecule has 1 aromatic carbocycles. The highest BCUT2D eigenvalue weighted by atomic mass is 16.2. The molecule has 1 aromatic rings. The zero-order chi connectivity index (χ0) is 13.8. The van der Waals surface area contributed by atoms with Gasteiger partial charge in [-0.3, -0.25) is 4.90 Å². The number of amides is 2. The molecule has 1 aliphatic heterocycles. The van der Waals surface area contributed by atoms with Gasteiger partial charge < -0.3 is 15.4 Å². The normalized spacial score (nSPS) is 14.5. The number of nitrogens with zero attached hydrogens (tertiary/aromatic N) is 1. The Bertz CT molecular complexity index is 525. The summed E-state index contributed by atoms with van der Waals surface area (Å²) in [5, 5.41) is 5.86. The van der Waals surface area contributed by atoms with Gasteiger partial charge >= 0.3 is 6.03 Å². The number of benzene rings is 1. The average molecular weight is 259 g/mol. The van der Waals surface area contributed by atoms with E-state index in [0.717, 1.165) is 16.9 Å². The molecule has 0 bridgehead atoms. The first-order valence-electron chi connectivity index (χ1n) is 6.15. The molecule has 0 aromatic heterocycles. The Hall–Kier alpha value is -2.30. The number of carbonyl (C=O) groups excluding carboxylic acids is 2. The van der Waals surface area contributed by atoms with Gasteiger partial charge in [0, 0.05) is 18.4 Å². The van der Waals surface area contributed by atoms with Crippen molar-refractivity contribution in [1.29, 1.82) is 0 Å². The highest BCUT2D eigenvalue weighted by Crippen LogP contribution is 2.24. The van der Waals surface area contributed by atoms with E-state index in [2.05, 4.69) is 10.6 Å². The van der Waals surface area contributed by atoms with Crippen molar-refractivity contribution in [2.45, 2.75) is 13.0 Å². The van der Waals surface area contributed by atoms with E-state index in [1.807, 2.05) is 30.3 Å². The molecular formula is C14H17N3O2. The molecule has 1 heterocycles. The minimum atomic E-state index is -0.487. The number of rotatable bonds is 3. The quantitative estimate of drug-likeness (QED) is 0.812. The first-order valence-corrected chi connectivity index (χ1v) is 6.15. The Morgan fingerprint density at radius 1 is 1.47 bits per heavy atom. The predicted octanol–water partition coefficient (Wildman–Crippen LogP) is 1.68. The monoisotopic (exact) mass is 259 g/mol. The topological polar surface area (TPSA) is 61.4 Å². The summed E-state index contributed by atoms with van der Waals surface area (Å²) < 4.78 is 0. The van der Waals surface area contributed by atoms with Gasteiger partial charge in [0.05, 0.1) is 12.6 Å². The summed E-state index contributed by atoms with van der Waals surface area (Å²) in [4.78, 5) is 24.0. The van der Waals surface area contributed by atoms with Gasteiger partial charge in [-0.05, 0) is 24.6 Å². The van der Waals surface area contributed by atoms with Crippen molar-refractivity contribution in [3.8, 4) is 0 Å². The Kier molecular flexibility index (Phi) is 3.85. The summed E-state index contributed by atoms with van der Waals surface area (Å²) in [7, 11) is 1.69. The molecule has 0 saturated heterocycles. The molecule has 5 nitrogen and oxygen atoms in total. The van der Waals surface area contributed by atoms with E-state index in [1.54, 1.807) is 14.0 Å². The standard InChI is InChI=1S/C14H17N3O2/c1-10(9-18)16-14(19)17(2)12-7-11-5-3-4-6-13(11)15-8-12/h3-7,9-10,15H,8H2,1-2H3,(H,16,19). The second-order valence-electron chi connectivity index (χ2n) is 4.51. The number of hydrogen-bond acceptors (Lipinski definition) is 3. The molecule has 0 spiro atoms. The zero-order valence-corrected chi connectivity index (χ0v) is 11.0. The number of nitrogens with one attached hydrogen (secondary N) is 2. The SMILES string of the molecule is CC(C=O)NC(=O)N(C)C1=Cc2ccccc2NC1. The van der Waals surface area contributed by atoms with Crippen LogP contribution in [0.1, 0.15) is 12.5 Å². The first-order chi connectivity index (χ1) is 9.11. The summed E-state index contributed by atoms with van der Waals surface area (Å²) in [5.74, 6) is 0. The highest BCUT2D eigenvalue weighted by Gasteiger charge is 2.18. The maximum atomic E-state index is 11.9. The molecule has 2 rings (SSSR count). The lowest BCUT2D eigenvalue weighted by Crippen LogP contribution is -2.43. The van der Waals surface area contributed by atoms with E-state index in [9.17, 15) is 9.59 Å². The number of hydrogen-bond donors (Lipinski definition) is 2. The van der Waals surface area contributed by atoms with Crippen LogP contribution in [-0.2, 0) is 4.79 Å². The van der Waals surface area contributed by atoms with Crippen LogP contribution in [0.3, 0.4) is 0 Å². The molecule has 0 aliphatic carbocycles. The van der Waals surface area contributed by atoms with Crippen LogP contribution < -0.4 is 10.6 Å². The smallest absolute Gasteiger partial charge is 0.321 e. The van der Waals surface area contributed by atoms with Crippen molar-refractivity contribution in [1.82, 2.24) is 10.2 Å². The van der Waals surface area contributed by atoms with Gasteiger partial charge in [-0.1, -0.05) is 18.2 Å². The van der Waals surface area contributed by atoms with Gasteiger partial charge in [0.25, 0.3) is 0 Å². The first kappa shape index (κ1) is 13.1. The number of urea groups is 1. The number of aldehydes is 1. The highest BCUT2D eigenvalue weighted by molar-refractivity contribution is 5.82. The van der Waals surface area contributed by atoms with Crippen LogP contribution in [0.15, 0.2) is 30.0 Å². The van der Waals surface area contributed by atoms with E-state index in [-0.39, 0.29) is 6.03 Å². The molecule has 0 saturated carbocycles. The molecule has 2 N–H and O–H groups in total. The van der Waals surface area contributed by atoms with E-state index in [1.165, 1.54) is 4.90 Å². The van der Waals surface area contributed by atoms with E-state index >= 15 is 0 Å². The van der Waals surface area contributed by atoms with Crippen molar-refractivity contribution >= 4 is 24.1 Å². The molecule has 2 amide bonds. The fourth-order valence-corrected chi connectivity index (χ4v) is 1.87. The molecular weight excluding hydrogens is 242 g/mol. The lowest BCUT2D eigenvalue weighted by molar-refractivity contribution is -0.109. The molecule has 0 fully saturated rings. The second kappa shape index (κ2) is 5.56. The Morgan fingerprint density at radius 3 is 2.95 bits per heavy atom. The fourth-order valence-electron chi connectivity index (χ4n) is 1.87. The molecule has 1 atom stereocenters. The lowest BCUT2D eigenvalue weighted by Gasteiger charge is -2.26. The molecule has 5 heteroatoms. The molecule has 0 radical (unpaired) electrons. The third-order valence-electron chi connectivity index (χ3n) is 3.03. The van der Waals surface area contributed by atoms with Gasteiger partial charge in [-0.15, -0.1) is 0 Å². The lowest BCUT2D eigenvalue weighted by atomic mass is 10.1. The van der Waals surface area contributed by atoms with Crippen molar-refractivity contribution < 1.29 is 9.59 Å². The van der Waals surface area contributed by atoms with Gasteiger partial charge in [0.1, 0.15) is 6.29 Å². The van der Waals surface area contributed by atoms with Crippen LogP contribution in [0.25, 0.3) is 6.08 Å². The number of carbonyl (C=O) groups is 2. The molecule has 19 heavy (non-hydrogen) atoms. The number of para-hydroxylation sites is 1. The molecule has 1 unspecified atom stereocenters. The number of fused-ring (bicyclic) bond motifs is 1. The minimum Gasteiger partial charge on any atom is -0.379 e. The summed E-state index contributed by atoms with van der Waals surface area (Å²) in [6.07, 6.45) is 2.67. The van der Waals surface area contributed by atoms with E-state index < -0.39 is 6.04 Å². The van der Waals surface area contributed by atoms with Crippen molar-refractivity contribution in [3.05, 3.63) is 35.5 Å².